The fraction of sp³-hybridized carbons (Fsp3) is 0.939. The molecule has 3 N–H and O–H groups in total. The summed E-state index contributed by atoms with van der Waals surface area (Å²) in [5, 5.41) is 23.4. The first-order valence-corrected chi connectivity index (χ1v) is 32.9. The molecule has 0 rings (SSSR count). The number of carbonyl (C=O) groups excluding carboxylic acids is 2. The summed E-state index contributed by atoms with van der Waals surface area (Å²) in [6.45, 7) is 4.97. The van der Waals surface area contributed by atoms with Crippen LogP contribution in [-0.4, -0.2) is 47.4 Å². The molecule has 2 unspecified atom stereocenters. The van der Waals surface area contributed by atoms with Crippen molar-refractivity contribution in [3.05, 3.63) is 12.2 Å². The van der Waals surface area contributed by atoms with Crippen LogP contribution in [0.1, 0.15) is 373 Å². The molecule has 0 bridgehead atoms. The number of carbonyl (C=O) groups is 2. The van der Waals surface area contributed by atoms with Crippen LogP contribution in [0.25, 0.3) is 0 Å². The highest BCUT2D eigenvalue weighted by Gasteiger charge is 2.20. The number of amides is 1. The van der Waals surface area contributed by atoms with Crippen LogP contribution in [0, 0.1) is 0 Å². The standard InChI is InChI=1S/C66H129NO5/c1-3-5-7-9-11-13-15-17-19-20-21-22-23-24-25-26-27-31-34-38-42-46-50-54-58-64(69)63(62-68)67-65(70)59-55-51-47-43-39-35-32-28-29-33-37-41-45-49-53-57-61-72-66(71)60-56-52-48-44-40-36-30-18-16-14-12-10-8-6-4-2/h28,32,63-64,68-69H,3-27,29-31,33-62H2,1-2H3,(H,67,70)/b32-28-. The molecule has 0 saturated heterocycles. The molecule has 428 valence electrons. The molecule has 0 saturated carbocycles. The summed E-state index contributed by atoms with van der Waals surface area (Å²) >= 11 is 0. The number of hydrogen-bond donors (Lipinski definition) is 3. The molecule has 0 aliphatic rings. The van der Waals surface area contributed by atoms with Gasteiger partial charge in [-0.25, -0.2) is 0 Å². The first-order valence-electron chi connectivity index (χ1n) is 32.9. The van der Waals surface area contributed by atoms with Crippen LogP contribution in [0.15, 0.2) is 12.2 Å². The molecule has 0 aromatic rings. The van der Waals surface area contributed by atoms with Crippen LogP contribution in [0.4, 0.5) is 0 Å². The summed E-state index contributed by atoms with van der Waals surface area (Å²) in [4.78, 5) is 24.6. The van der Waals surface area contributed by atoms with E-state index in [9.17, 15) is 19.8 Å². The van der Waals surface area contributed by atoms with Gasteiger partial charge in [0.05, 0.1) is 25.4 Å². The second-order valence-corrected chi connectivity index (χ2v) is 22.8. The van der Waals surface area contributed by atoms with Crippen LogP contribution < -0.4 is 5.32 Å². The van der Waals surface area contributed by atoms with Crippen molar-refractivity contribution in [1.29, 1.82) is 0 Å². The fourth-order valence-electron chi connectivity index (χ4n) is 10.5. The van der Waals surface area contributed by atoms with E-state index in [2.05, 4.69) is 31.3 Å². The minimum Gasteiger partial charge on any atom is -0.466 e. The van der Waals surface area contributed by atoms with Gasteiger partial charge >= 0.3 is 5.97 Å². The van der Waals surface area contributed by atoms with Crippen LogP contribution in [0.5, 0.6) is 0 Å². The summed E-state index contributed by atoms with van der Waals surface area (Å²) in [6, 6.07) is -0.554. The van der Waals surface area contributed by atoms with Crippen molar-refractivity contribution in [2.75, 3.05) is 13.2 Å². The summed E-state index contributed by atoms with van der Waals surface area (Å²) in [5.74, 6) is -0.0459. The van der Waals surface area contributed by atoms with Crippen LogP contribution in [-0.2, 0) is 14.3 Å². The predicted octanol–water partition coefficient (Wildman–Crippen LogP) is 20.8. The quantitative estimate of drug-likeness (QED) is 0.0320. The largest absolute Gasteiger partial charge is 0.466 e. The normalized spacial score (nSPS) is 12.6. The molecule has 6 nitrogen and oxygen atoms in total. The van der Waals surface area contributed by atoms with Crippen molar-refractivity contribution in [2.45, 2.75) is 386 Å². The van der Waals surface area contributed by atoms with Gasteiger partial charge < -0.3 is 20.3 Å². The van der Waals surface area contributed by atoms with Gasteiger partial charge in [-0.3, -0.25) is 9.59 Å². The number of allylic oxidation sites excluding steroid dienone is 2. The number of nitrogens with one attached hydrogen (secondary N) is 1. The summed E-state index contributed by atoms with van der Waals surface area (Å²) in [6.07, 6.45) is 75.2. The lowest BCUT2D eigenvalue weighted by atomic mass is 10.0. The van der Waals surface area contributed by atoms with Gasteiger partial charge in [0.2, 0.25) is 5.91 Å². The Bertz CT molecular complexity index is 1080. The molecular formula is C66H129NO5. The zero-order valence-corrected chi connectivity index (χ0v) is 48.9. The minimum atomic E-state index is -0.675. The fourth-order valence-corrected chi connectivity index (χ4v) is 10.5. The average molecular weight is 1020 g/mol. The van der Waals surface area contributed by atoms with Crippen molar-refractivity contribution in [1.82, 2.24) is 5.32 Å². The van der Waals surface area contributed by atoms with E-state index in [0.717, 1.165) is 64.2 Å². The topological polar surface area (TPSA) is 95.9 Å². The Labute approximate surface area is 450 Å². The third-order valence-electron chi connectivity index (χ3n) is 15.6. The van der Waals surface area contributed by atoms with Crippen molar-refractivity contribution >= 4 is 11.9 Å². The lowest BCUT2D eigenvalue weighted by Crippen LogP contribution is -2.45. The van der Waals surface area contributed by atoms with Gasteiger partial charge in [-0.15, -0.1) is 0 Å². The number of hydrogen-bond acceptors (Lipinski definition) is 5. The number of unbranched alkanes of at least 4 members (excludes halogenated alkanes) is 49. The Morgan fingerprint density at radius 1 is 0.375 bits per heavy atom. The molecule has 0 radical (unpaired) electrons. The molecule has 2 atom stereocenters. The zero-order valence-electron chi connectivity index (χ0n) is 48.9. The Kier molecular flexibility index (Phi) is 60.9. The van der Waals surface area contributed by atoms with Crippen LogP contribution >= 0.6 is 0 Å². The van der Waals surface area contributed by atoms with Crippen LogP contribution in [0.2, 0.25) is 0 Å². The summed E-state index contributed by atoms with van der Waals surface area (Å²) in [7, 11) is 0. The Morgan fingerprint density at radius 2 is 0.653 bits per heavy atom. The maximum absolute atomic E-state index is 12.5. The Morgan fingerprint density at radius 3 is 0.986 bits per heavy atom. The lowest BCUT2D eigenvalue weighted by molar-refractivity contribution is -0.143. The molecule has 0 heterocycles. The molecule has 0 fully saturated rings. The van der Waals surface area contributed by atoms with Gasteiger partial charge in [0, 0.05) is 12.8 Å². The van der Waals surface area contributed by atoms with Crippen molar-refractivity contribution < 1.29 is 24.5 Å². The minimum absolute atomic E-state index is 0.00139. The smallest absolute Gasteiger partial charge is 0.305 e. The third kappa shape index (κ3) is 57.9. The second-order valence-electron chi connectivity index (χ2n) is 22.8. The van der Waals surface area contributed by atoms with Gasteiger partial charge in [0.15, 0.2) is 0 Å². The monoisotopic (exact) mass is 1020 g/mol. The van der Waals surface area contributed by atoms with E-state index >= 15 is 0 Å². The van der Waals surface area contributed by atoms with Crippen molar-refractivity contribution in [3.8, 4) is 0 Å². The van der Waals surface area contributed by atoms with E-state index < -0.39 is 12.1 Å². The first kappa shape index (κ1) is 70.6. The van der Waals surface area contributed by atoms with E-state index in [4.69, 9.17) is 4.74 Å². The number of esters is 1. The average Bonchev–Trinajstić information content (AvgIpc) is 3.38. The molecule has 0 aliphatic heterocycles. The van der Waals surface area contributed by atoms with Gasteiger partial charge in [0.1, 0.15) is 0 Å². The Hall–Kier alpha value is -1.40. The van der Waals surface area contributed by atoms with Gasteiger partial charge in [-0.1, -0.05) is 321 Å². The number of aliphatic hydroxyl groups excluding tert-OH is 2. The molecule has 72 heavy (non-hydrogen) atoms. The first-order chi connectivity index (χ1) is 35.5. The second kappa shape index (κ2) is 62.1. The summed E-state index contributed by atoms with van der Waals surface area (Å²) < 4.78 is 5.48. The highest BCUT2D eigenvalue weighted by atomic mass is 16.5. The predicted molar refractivity (Wildman–Crippen MR) is 315 cm³/mol. The van der Waals surface area contributed by atoms with E-state index in [-0.39, 0.29) is 18.5 Å². The van der Waals surface area contributed by atoms with E-state index in [0.29, 0.717) is 25.9 Å². The Balaban J connectivity index is 3.44. The van der Waals surface area contributed by atoms with E-state index in [1.54, 1.807) is 0 Å². The van der Waals surface area contributed by atoms with Crippen molar-refractivity contribution in [2.24, 2.45) is 0 Å². The zero-order chi connectivity index (χ0) is 52.2. The lowest BCUT2D eigenvalue weighted by Gasteiger charge is -2.22. The highest BCUT2D eigenvalue weighted by molar-refractivity contribution is 5.76. The molecule has 0 aromatic carbocycles. The maximum atomic E-state index is 12.5. The molecule has 0 aromatic heterocycles. The van der Waals surface area contributed by atoms with Crippen LogP contribution in [0.3, 0.4) is 0 Å². The maximum Gasteiger partial charge on any atom is 0.305 e. The van der Waals surface area contributed by atoms with Gasteiger partial charge in [-0.05, 0) is 51.4 Å². The molecule has 0 spiro atoms. The summed E-state index contributed by atoms with van der Waals surface area (Å²) in [5.41, 5.74) is 0. The SMILES string of the molecule is CCCCCCCCCCCCCCCCCCCCCCCCCCC(O)C(CO)NC(=O)CCCCCCC/C=C\CCCCCCCCCOC(=O)CCCCCCCCCCCCCCCCC. The molecule has 6 heteroatoms. The molecule has 0 aliphatic carbocycles. The van der Waals surface area contributed by atoms with Gasteiger partial charge in [-0.2, -0.15) is 0 Å². The number of aliphatic hydroxyl groups is 2. The number of ether oxygens (including phenoxy) is 1. The van der Waals surface area contributed by atoms with E-state index in [1.165, 1.54) is 276 Å². The van der Waals surface area contributed by atoms with E-state index in [1.807, 2.05) is 0 Å². The number of rotatable bonds is 62. The molecule has 1 amide bonds. The highest BCUT2D eigenvalue weighted by Crippen LogP contribution is 2.19. The van der Waals surface area contributed by atoms with Gasteiger partial charge in [0.25, 0.3) is 0 Å². The third-order valence-corrected chi connectivity index (χ3v) is 15.6. The van der Waals surface area contributed by atoms with Crippen molar-refractivity contribution in [3.63, 3.8) is 0 Å². The molecular weight excluding hydrogens is 887 g/mol.